The lowest BCUT2D eigenvalue weighted by Gasteiger charge is -2.18. The summed E-state index contributed by atoms with van der Waals surface area (Å²) in [6, 6.07) is 8.53. The van der Waals surface area contributed by atoms with Gasteiger partial charge in [0, 0.05) is 15.7 Å². The van der Waals surface area contributed by atoms with Gasteiger partial charge in [0.25, 0.3) is 5.91 Å². The molecule has 0 radical (unpaired) electrons. The number of rotatable bonds is 3. The van der Waals surface area contributed by atoms with Crippen molar-refractivity contribution in [1.82, 2.24) is 0 Å². The molecule has 0 aromatic heterocycles. The molecule has 8 heteroatoms. The van der Waals surface area contributed by atoms with Gasteiger partial charge in [-0.3, -0.25) is 9.69 Å². The maximum atomic E-state index is 13.5. The number of methoxy groups -OCH3 is 1. The van der Waals surface area contributed by atoms with E-state index in [2.05, 4.69) is 15.9 Å². The van der Waals surface area contributed by atoms with E-state index in [0.29, 0.717) is 21.4 Å². The Labute approximate surface area is 173 Å². The minimum Gasteiger partial charge on any atom is -0.507 e. The van der Waals surface area contributed by atoms with E-state index in [1.54, 1.807) is 19.1 Å². The number of esters is 1. The van der Waals surface area contributed by atoms with Gasteiger partial charge in [-0.25, -0.2) is 9.18 Å². The average molecular weight is 467 g/mol. The molecule has 2 aromatic rings. The number of halogens is 3. The molecule has 0 unspecified atom stereocenters. The van der Waals surface area contributed by atoms with Gasteiger partial charge >= 0.3 is 5.97 Å². The fourth-order valence-electron chi connectivity index (χ4n) is 2.91. The Hall–Kier alpha value is -2.64. The first-order valence-electron chi connectivity index (χ1n) is 8.04. The second kappa shape index (κ2) is 7.77. The molecule has 0 saturated heterocycles. The quantitative estimate of drug-likeness (QED) is 0.520. The first-order chi connectivity index (χ1) is 13.2. The molecule has 1 N–H and O–H groups in total. The van der Waals surface area contributed by atoms with Crippen molar-refractivity contribution < 1.29 is 23.8 Å². The summed E-state index contributed by atoms with van der Waals surface area (Å²) in [6.07, 6.45) is 1.41. The van der Waals surface area contributed by atoms with Crippen LogP contribution >= 0.6 is 27.5 Å². The highest BCUT2D eigenvalue weighted by Gasteiger charge is 2.38. The molecule has 0 bridgehead atoms. The van der Waals surface area contributed by atoms with Crippen LogP contribution in [-0.4, -0.2) is 24.1 Å². The van der Waals surface area contributed by atoms with Gasteiger partial charge in [-0.1, -0.05) is 27.5 Å². The number of nitrogens with zero attached hydrogens (tertiary/aromatic N) is 1. The first-order valence-corrected chi connectivity index (χ1v) is 9.21. The number of hydrogen-bond acceptors (Lipinski definition) is 4. The van der Waals surface area contributed by atoms with E-state index in [-0.39, 0.29) is 21.9 Å². The number of phenols is 1. The molecule has 0 saturated carbocycles. The molecule has 5 nitrogen and oxygen atoms in total. The topological polar surface area (TPSA) is 66.8 Å². The third-order valence-corrected chi connectivity index (χ3v) is 5.02. The van der Waals surface area contributed by atoms with Crippen molar-refractivity contribution in [1.29, 1.82) is 0 Å². The van der Waals surface area contributed by atoms with Gasteiger partial charge in [-0.05, 0) is 49.4 Å². The van der Waals surface area contributed by atoms with Crippen molar-refractivity contribution in [2.24, 2.45) is 0 Å². The van der Waals surface area contributed by atoms with E-state index >= 15 is 0 Å². The summed E-state index contributed by atoms with van der Waals surface area (Å²) in [7, 11) is 1.21. The van der Waals surface area contributed by atoms with Crippen LogP contribution in [-0.2, 0) is 14.3 Å². The Bertz CT molecular complexity index is 1060. The van der Waals surface area contributed by atoms with Gasteiger partial charge in [0.2, 0.25) is 0 Å². The van der Waals surface area contributed by atoms with Gasteiger partial charge in [-0.15, -0.1) is 0 Å². The zero-order valence-corrected chi connectivity index (χ0v) is 17.1. The fraction of sp³-hybridized carbons (Fsp3) is 0.100. The molecule has 144 valence electrons. The van der Waals surface area contributed by atoms with Crippen LogP contribution < -0.4 is 4.90 Å². The summed E-state index contributed by atoms with van der Waals surface area (Å²) < 4.78 is 19.0. The number of aromatic hydroxyl groups is 1. The van der Waals surface area contributed by atoms with E-state index in [1.807, 2.05) is 0 Å². The van der Waals surface area contributed by atoms with E-state index in [1.165, 1.54) is 36.3 Å². The van der Waals surface area contributed by atoms with Gasteiger partial charge in [-0.2, -0.15) is 0 Å². The Kier molecular flexibility index (Phi) is 5.58. The minimum absolute atomic E-state index is 0.0400. The molecule has 1 aliphatic heterocycles. The van der Waals surface area contributed by atoms with Crippen molar-refractivity contribution in [3.05, 3.63) is 74.1 Å². The molecule has 0 atom stereocenters. The molecule has 2 aromatic carbocycles. The highest BCUT2D eigenvalue weighted by atomic mass is 79.9. The zero-order valence-electron chi connectivity index (χ0n) is 14.8. The van der Waals surface area contributed by atoms with Crippen LogP contribution in [0.15, 0.2) is 57.7 Å². The number of benzene rings is 2. The highest BCUT2D eigenvalue weighted by Crippen LogP contribution is 2.37. The molecular formula is C20H14BrClFNO4. The largest absolute Gasteiger partial charge is 0.507 e. The zero-order chi connectivity index (χ0) is 20.6. The molecule has 0 aliphatic carbocycles. The van der Waals surface area contributed by atoms with Crippen molar-refractivity contribution in [3.8, 4) is 5.75 Å². The molecule has 3 rings (SSSR count). The summed E-state index contributed by atoms with van der Waals surface area (Å²) in [6.45, 7) is 1.57. The van der Waals surface area contributed by atoms with Crippen LogP contribution in [0.1, 0.15) is 12.5 Å². The van der Waals surface area contributed by atoms with Crippen LogP contribution in [0.25, 0.3) is 6.08 Å². The van der Waals surface area contributed by atoms with Crippen LogP contribution in [0, 0.1) is 5.82 Å². The number of ether oxygens (including phenoxy) is 1. The molecule has 1 heterocycles. The summed E-state index contributed by atoms with van der Waals surface area (Å²) in [5, 5.41) is 9.94. The van der Waals surface area contributed by atoms with Gasteiger partial charge in [0.1, 0.15) is 11.6 Å². The monoisotopic (exact) mass is 465 g/mol. The lowest BCUT2D eigenvalue weighted by Crippen LogP contribution is -2.24. The highest BCUT2D eigenvalue weighted by molar-refractivity contribution is 9.10. The molecule has 28 heavy (non-hydrogen) atoms. The lowest BCUT2D eigenvalue weighted by molar-refractivity contribution is -0.136. The summed E-state index contributed by atoms with van der Waals surface area (Å²) >= 11 is 9.15. The Balaban J connectivity index is 2.19. The number of anilines is 1. The van der Waals surface area contributed by atoms with E-state index in [4.69, 9.17) is 16.3 Å². The number of amides is 1. The van der Waals surface area contributed by atoms with Crippen LogP contribution in [0.5, 0.6) is 5.75 Å². The third kappa shape index (κ3) is 3.55. The van der Waals surface area contributed by atoms with Crippen LogP contribution in [0.2, 0.25) is 5.02 Å². The summed E-state index contributed by atoms with van der Waals surface area (Å²) in [4.78, 5) is 26.7. The summed E-state index contributed by atoms with van der Waals surface area (Å²) in [5.41, 5.74) is 1.04. The van der Waals surface area contributed by atoms with Crippen molar-refractivity contribution in [2.75, 3.05) is 12.0 Å². The predicted molar refractivity (Wildman–Crippen MR) is 107 cm³/mol. The van der Waals surface area contributed by atoms with Crippen molar-refractivity contribution in [2.45, 2.75) is 6.92 Å². The Morgan fingerprint density at radius 3 is 2.64 bits per heavy atom. The number of phenolic OH excluding ortho intramolecular Hbond substituents is 1. The van der Waals surface area contributed by atoms with E-state index in [0.717, 1.165) is 6.07 Å². The smallest absolute Gasteiger partial charge is 0.340 e. The molecule has 1 aliphatic rings. The number of hydrogen-bond donors (Lipinski definition) is 1. The Morgan fingerprint density at radius 1 is 1.29 bits per heavy atom. The lowest BCUT2D eigenvalue weighted by atomic mass is 10.0. The molecule has 1 amide bonds. The number of carbonyl (C=O) groups excluding carboxylic acids is 2. The van der Waals surface area contributed by atoms with E-state index < -0.39 is 17.7 Å². The maximum absolute atomic E-state index is 13.5. The standard InChI is InChI=1S/C20H14BrClFNO4/c1-10-18(20(27)28-2)14(8-11-7-12(21)3-6-17(11)25)19(26)24(10)13-4-5-16(23)15(22)9-13/h3-9,25H,1-2H3/b14-8-. The van der Waals surface area contributed by atoms with Crippen LogP contribution in [0.4, 0.5) is 10.1 Å². The van der Waals surface area contributed by atoms with Gasteiger partial charge in [0.15, 0.2) is 0 Å². The van der Waals surface area contributed by atoms with Crippen LogP contribution in [0.3, 0.4) is 0 Å². The second-order valence-electron chi connectivity index (χ2n) is 5.95. The number of carbonyl (C=O) groups is 2. The first kappa shape index (κ1) is 20.1. The van der Waals surface area contributed by atoms with E-state index in [9.17, 15) is 19.1 Å². The third-order valence-electron chi connectivity index (χ3n) is 4.24. The number of allylic oxidation sites excluding steroid dienone is 1. The van der Waals surface area contributed by atoms with Crippen molar-refractivity contribution >= 4 is 51.2 Å². The maximum Gasteiger partial charge on any atom is 0.340 e. The molecule has 0 spiro atoms. The average Bonchev–Trinajstić information content (AvgIpc) is 2.90. The second-order valence-corrected chi connectivity index (χ2v) is 7.27. The fourth-order valence-corrected chi connectivity index (χ4v) is 3.47. The SMILES string of the molecule is COC(=O)C1=C(C)N(c2ccc(F)c(Cl)c2)C(=O)/C1=C\c1cc(Br)ccc1O. The predicted octanol–water partition coefficient (Wildman–Crippen LogP) is 4.82. The Morgan fingerprint density at radius 2 is 2.00 bits per heavy atom. The minimum atomic E-state index is -0.706. The molecule has 0 fully saturated rings. The van der Waals surface area contributed by atoms with Gasteiger partial charge in [0.05, 0.1) is 29.0 Å². The summed E-state index contributed by atoms with van der Waals surface area (Å²) in [5.74, 6) is -1.92. The van der Waals surface area contributed by atoms with Gasteiger partial charge < -0.3 is 9.84 Å². The van der Waals surface area contributed by atoms with Crippen molar-refractivity contribution in [3.63, 3.8) is 0 Å². The molecular weight excluding hydrogens is 453 g/mol. The normalized spacial score (nSPS) is 15.5.